The molecule has 2 aromatic rings. The molecule has 0 radical (unpaired) electrons. The maximum absolute atomic E-state index is 5.25. The summed E-state index contributed by atoms with van der Waals surface area (Å²) in [5.41, 5.74) is 0. The van der Waals surface area contributed by atoms with Gasteiger partial charge in [0.25, 0.3) is 0 Å². The highest BCUT2D eigenvalue weighted by Gasteiger charge is 2.15. The zero-order valence-corrected chi connectivity index (χ0v) is 13.4. The van der Waals surface area contributed by atoms with Crippen LogP contribution >= 0.6 is 23.1 Å². The van der Waals surface area contributed by atoms with Gasteiger partial charge >= 0.3 is 0 Å². The smallest absolute Gasteiger partial charge is 0.206 e. The fourth-order valence-corrected chi connectivity index (χ4v) is 4.99. The van der Waals surface area contributed by atoms with Gasteiger partial charge in [-0.15, -0.1) is 10.2 Å². The van der Waals surface area contributed by atoms with Crippen molar-refractivity contribution in [1.29, 1.82) is 0 Å². The molecule has 1 N–H and O–H groups in total. The minimum absolute atomic E-state index is 0.653. The Morgan fingerprint density at radius 1 is 1.39 bits per heavy atom. The lowest BCUT2D eigenvalue weighted by atomic mass is 10.4. The molecule has 0 aliphatic heterocycles. The molecule has 0 fully saturated rings. The molecular weight excluding hydrogens is 282 g/mol. The maximum atomic E-state index is 5.25. The highest BCUT2D eigenvalue weighted by Crippen LogP contribution is 2.27. The monoisotopic (exact) mass is 299 g/mol. The third-order valence-corrected chi connectivity index (χ3v) is 7.68. The second kappa shape index (κ2) is 5.90. The molecule has 0 aliphatic carbocycles. The van der Waals surface area contributed by atoms with E-state index in [2.05, 4.69) is 35.2 Å². The number of nitrogens with one attached hydrogen (secondary N) is 1. The molecule has 0 spiro atoms. The van der Waals surface area contributed by atoms with E-state index in [4.69, 9.17) is 4.42 Å². The van der Waals surface area contributed by atoms with Crippen molar-refractivity contribution in [2.75, 3.05) is 10.7 Å². The molecule has 98 valence electrons. The Hall–Kier alpha value is -0.793. The van der Waals surface area contributed by atoms with E-state index in [0.717, 1.165) is 15.2 Å². The average Bonchev–Trinajstić information content (AvgIpc) is 2.94. The van der Waals surface area contributed by atoms with E-state index in [1.165, 1.54) is 5.38 Å². The standard InChI is InChI=1S/C11H17N3OS2Si/c1-18(2,3)8-16-11-14-13-10(17-11)12-7-9-5-4-6-15-9/h4-6H,7-8H2,1-3H3,(H,12,13). The molecule has 0 saturated carbocycles. The molecule has 2 heterocycles. The number of rotatable bonds is 6. The van der Waals surface area contributed by atoms with Crippen molar-refractivity contribution in [3.05, 3.63) is 24.2 Å². The summed E-state index contributed by atoms with van der Waals surface area (Å²) in [5.74, 6) is 0.904. The SMILES string of the molecule is C[Si](C)(C)CSc1nnc(NCc2ccco2)s1. The van der Waals surface area contributed by atoms with E-state index in [-0.39, 0.29) is 0 Å². The van der Waals surface area contributed by atoms with Gasteiger partial charge in [-0.05, 0) is 17.5 Å². The second-order valence-electron chi connectivity index (χ2n) is 5.16. The molecule has 0 unspecified atom stereocenters. The third kappa shape index (κ3) is 4.47. The molecule has 0 aromatic carbocycles. The highest BCUT2D eigenvalue weighted by atomic mass is 32.2. The summed E-state index contributed by atoms with van der Waals surface area (Å²) in [6, 6.07) is 3.82. The molecule has 0 bridgehead atoms. The van der Waals surface area contributed by atoms with Crippen molar-refractivity contribution in [1.82, 2.24) is 10.2 Å². The predicted molar refractivity (Wildman–Crippen MR) is 80.0 cm³/mol. The largest absolute Gasteiger partial charge is 0.467 e. The van der Waals surface area contributed by atoms with E-state index < -0.39 is 8.07 Å². The number of anilines is 1. The molecule has 0 atom stereocenters. The topological polar surface area (TPSA) is 51.0 Å². The van der Waals surface area contributed by atoms with E-state index >= 15 is 0 Å². The quantitative estimate of drug-likeness (QED) is 0.651. The molecule has 0 aliphatic rings. The minimum atomic E-state index is -1.03. The summed E-state index contributed by atoms with van der Waals surface area (Å²) in [4.78, 5) is 0. The number of furan rings is 1. The van der Waals surface area contributed by atoms with Gasteiger partial charge < -0.3 is 9.73 Å². The van der Waals surface area contributed by atoms with Crippen LogP contribution in [0.15, 0.2) is 27.2 Å². The third-order valence-electron chi connectivity index (χ3n) is 2.03. The Labute approximate surface area is 116 Å². The summed E-state index contributed by atoms with van der Waals surface area (Å²) in [6.07, 6.45) is 1.67. The van der Waals surface area contributed by atoms with Crippen molar-refractivity contribution in [3.63, 3.8) is 0 Å². The molecule has 18 heavy (non-hydrogen) atoms. The first-order chi connectivity index (χ1) is 8.53. The van der Waals surface area contributed by atoms with Crippen LogP contribution in [0.25, 0.3) is 0 Å². The second-order valence-corrected chi connectivity index (χ2v) is 13.3. The number of thioether (sulfide) groups is 1. The average molecular weight is 299 g/mol. The first kappa shape index (κ1) is 13.6. The van der Waals surface area contributed by atoms with Crippen LogP contribution in [0.1, 0.15) is 5.76 Å². The van der Waals surface area contributed by atoms with Crippen molar-refractivity contribution in [2.24, 2.45) is 0 Å². The van der Waals surface area contributed by atoms with Crippen molar-refractivity contribution >= 4 is 36.3 Å². The number of nitrogens with zero attached hydrogens (tertiary/aromatic N) is 2. The Morgan fingerprint density at radius 2 is 2.22 bits per heavy atom. The Kier molecular flexibility index (Phi) is 4.47. The summed E-state index contributed by atoms with van der Waals surface area (Å²) in [7, 11) is -1.03. The molecule has 0 amide bonds. The van der Waals surface area contributed by atoms with Crippen LogP contribution in [0.4, 0.5) is 5.13 Å². The maximum Gasteiger partial charge on any atom is 0.206 e. The molecular formula is C11H17N3OS2Si. The van der Waals surface area contributed by atoms with Crippen LogP contribution in [0.3, 0.4) is 0 Å². The Morgan fingerprint density at radius 3 is 2.89 bits per heavy atom. The van der Waals surface area contributed by atoms with E-state index in [9.17, 15) is 0 Å². The van der Waals surface area contributed by atoms with E-state index in [0.29, 0.717) is 6.54 Å². The lowest BCUT2D eigenvalue weighted by molar-refractivity contribution is 0.518. The Bertz CT molecular complexity index is 479. The zero-order valence-electron chi connectivity index (χ0n) is 10.8. The molecule has 7 heteroatoms. The zero-order chi connectivity index (χ0) is 13.0. The van der Waals surface area contributed by atoms with Crippen LogP contribution < -0.4 is 5.32 Å². The van der Waals surface area contributed by atoms with Gasteiger partial charge in [0.15, 0.2) is 4.34 Å². The van der Waals surface area contributed by atoms with Gasteiger partial charge in [0.1, 0.15) is 5.76 Å². The normalized spacial score (nSPS) is 11.7. The predicted octanol–water partition coefficient (Wildman–Crippen LogP) is 3.71. The van der Waals surface area contributed by atoms with Gasteiger partial charge in [0.2, 0.25) is 5.13 Å². The van der Waals surface area contributed by atoms with Gasteiger partial charge in [-0.25, -0.2) is 0 Å². The van der Waals surface area contributed by atoms with E-state index in [1.807, 2.05) is 23.9 Å². The fraction of sp³-hybridized carbons (Fsp3) is 0.455. The van der Waals surface area contributed by atoms with Gasteiger partial charge in [0.05, 0.1) is 20.9 Å². The lowest BCUT2D eigenvalue weighted by Gasteiger charge is -2.12. The highest BCUT2D eigenvalue weighted by molar-refractivity contribution is 8.02. The molecule has 0 saturated heterocycles. The van der Waals surface area contributed by atoms with Crippen molar-refractivity contribution in [2.45, 2.75) is 30.5 Å². The van der Waals surface area contributed by atoms with Crippen LogP contribution in [0.5, 0.6) is 0 Å². The van der Waals surface area contributed by atoms with Crippen molar-refractivity contribution < 1.29 is 4.42 Å². The Balaban J connectivity index is 1.82. The lowest BCUT2D eigenvalue weighted by Crippen LogP contribution is -2.23. The summed E-state index contributed by atoms with van der Waals surface area (Å²) in [6.45, 7) is 7.73. The molecule has 4 nitrogen and oxygen atoms in total. The summed E-state index contributed by atoms with van der Waals surface area (Å²) < 4.78 is 6.29. The van der Waals surface area contributed by atoms with Gasteiger partial charge in [-0.2, -0.15) is 0 Å². The fourth-order valence-electron chi connectivity index (χ4n) is 1.19. The van der Waals surface area contributed by atoms with Gasteiger partial charge in [0, 0.05) is 0 Å². The van der Waals surface area contributed by atoms with E-state index in [1.54, 1.807) is 17.6 Å². The van der Waals surface area contributed by atoms with Crippen LogP contribution in [0, 0.1) is 0 Å². The number of aromatic nitrogens is 2. The van der Waals surface area contributed by atoms with Crippen LogP contribution in [-0.2, 0) is 6.54 Å². The van der Waals surface area contributed by atoms with Gasteiger partial charge in [-0.1, -0.05) is 42.7 Å². The summed E-state index contributed by atoms with van der Waals surface area (Å²) in [5, 5.41) is 13.6. The first-order valence-electron chi connectivity index (χ1n) is 5.75. The molecule has 2 aromatic heterocycles. The van der Waals surface area contributed by atoms with Crippen LogP contribution in [0.2, 0.25) is 19.6 Å². The number of hydrogen-bond donors (Lipinski definition) is 1. The van der Waals surface area contributed by atoms with Crippen molar-refractivity contribution in [3.8, 4) is 0 Å². The number of hydrogen-bond acceptors (Lipinski definition) is 6. The van der Waals surface area contributed by atoms with Gasteiger partial charge in [-0.3, -0.25) is 0 Å². The van der Waals surface area contributed by atoms with Crippen LogP contribution in [-0.4, -0.2) is 23.6 Å². The molecule has 2 rings (SSSR count). The minimum Gasteiger partial charge on any atom is -0.467 e. The summed E-state index contributed by atoms with van der Waals surface area (Å²) >= 11 is 3.42. The first-order valence-corrected chi connectivity index (χ1v) is 11.3.